The molecule has 0 saturated heterocycles. The van der Waals surface area contributed by atoms with Crippen molar-refractivity contribution in [3.8, 4) is 11.5 Å². The Balaban J connectivity index is 1.64. The predicted octanol–water partition coefficient (Wildman–Crippen LogP) is 4.10. The van der Waals surface area contributed by atoms with Crippen molar-refractivity contribution in [2.24, 2.45) is 0 Å². The van der Waals surface area contributed by atoms with Crippen LogP contribution in [0, 0.1) is 0 Å². The second-order valence-corrected chi connectivity index (χ2v) is 10.2. The summed E-state index contributed by atoms with van der Waals surface area (Å²) in [6.45, 7) is 5.55. The summed E-state index contributed by atoms with van der Waals surface area (Å²) in [6, 6.07) is 16.9. The minimum absolute atomic E-state index is 0.0215. The van der Waals surface area contributed by atoms with E-state index < -0.39 is 21.5 Å². The monoisotopic (exact) mass is 484 g/mol. The van der Waals surface area contributed by atoms with Gasteiger partial charge in [-0.15, -0.1) is 0 Å². The van der Waals surface area contributed by atoms with Gasteiger partial charge in [-0.3, -0.25) is 4.98 Å². The summed E-state index contributed by atoms with van der Waals surface area (Å²) in [6.07, 6.45) is 1.71. The van der Waals surface area contributed by atoms with Gasteiger partial charge in [0, 0.05) is 11.7 Å². The fourth-order valence-corrected chi connectivity index (χ4v) is 4.64. The van der Waals surface area contributed by atoms with Gasteiger partial charge < -0.3 is 14.2 Å². The number of esters is 1. The number of rotatable bonds is 9. The standard InChI is InChI=1S/C25H28N2O6S/c1-25(2,3)27-34(29,30)23-15-19(10-13-22(23)31-4)24(28)33-16-18-8-11-21(12-9-18)32-17-20-7-5-6-14-26-20/h5-15,27H,16-17H2,1-4H3. The van der Waals surface area contributed by atoms with Crippen LogP contribution in [-0.2, 0) is 28.0 Å². The SMILES string of the molecule is COc1ccc(C(=O)OCc2ccc(OCc3ccccn3)cc2)cc1S(=O)(=O)NC(C)(C)C. The van der Waals surface area contributed by atoms with E-state index in [0.29, 0.717) is 12.4 Å². The zero-order chi connectivity index (χ0) is 24.8. The summed E-state index contributed by atoms with van der Waals surface area (Å²) < 4.78 is 44.4. The van der Waals surface area contributed by atoms with E-state index in [2.05, 4.69) is 9.71 Å². The first kappa shape index (κ1) is 25.2. The summed E-state index contributed by atoms with van der Waals surface area (Å²) in [5.41, 5.74) is 0.979. The van der Waals surface area contributed by atoms with Gasteiger partial charge in [0.25, 0.3) is 0 Å². The van der Waals surface area contributed by atoms with Crippen LogP contribution in [0.3, 0.4) is 0 Å². The van der Waals surface area contributed by atoms with Crippen molar-refractivity contribution >= 4 is 16.0 Å². The maximum atomic E-state index is 12.8. The van der Waals surface area contributed by atoms with E-state index in [1.807, 2.05) is 18.2 Å². The molecule has 0 radical (unpaired) electrons. The van der Waals surface area contributed by atoms with Gasteiger partial charge in [-0.05, 0) is 68.8 Å². The quantitative estimate of drug-likeness (QED) is 0.456. The number of nitrogens with zero attached hydrogens (tertiary/aromatic N) is 1. The zero-order valence-electron chi connectivity index (χ0n) is 19.6. The molecule has 2 aromatic carbocycles. The molecule has 3 aromatic rings. The van der Waals surface area contributed by atoms with E-state index in [0.717, 1.165) is 11.3 Å². The topological polar surface area (TPSA) is 104 Å². The number of benzene rings is 2. The molecule has 8 nitrogen and oxygen atoms in total. The van der Waals surface area contributed by atoms with Crippen LogP contribution in [0.15, 0.2) is 71.8 Å². The van der Waals surface area contributed by atoms with Crippen molar-refractivity contribution in [1.29, 1.82) is 0 Å². The molecule has 9 heteroatoms. The van der Waals surface area contributed by atoms with Crippen molar-refractivity contribution in [2.75, 3.05) is 7.11 Å². The fourth-order valence-electron chi connectivity index (χ4n) is 3.03. The molecule has 0 amide bonds. The van der Waals surface area contributed by atoms with Crippen LogP contribution in [0.25, 0.3) is 0 Å². The smallest absolute Gasteiger partial charge is 0.338 e. The summed E-state index contributed by atoms with van der Waals surface area (Å²) in [4.78, 5) is 16.7. The van der Waals surface area contributed by atoms with E-state index in [-0.39, 0.29) is 22.8 Å². The van der Waals surface area contributed by atoms with Gasteiger partial charge in [-0.1, -0.05) is 18.2 Å². The second-order valence-electron chi connectivity index (χ2n) is 8.55. The van der Waals surface area contributed by atoms with Crippen LogP contribution in [0.5, 0.6) is 11.5 Å². The third-order valence-corrected chi connectivity index (χ3v) is 6.31. The lowest BCUT2D eigenvalue weighted by molar-refractivity contribution is 0.0472. The van der Waals surface area contributed by atoms with Crippen LogP contribution >= 0.6 is 0 Å². The molecule has 1 N–H and O–H groups in total. The largest absolute Gasteiger partial charge is 0.495 e. The number of ether oxygens (including phenoxy) is 3. The summed E-state index contributed by atoms with van der Waals surface area (Å²) in [5.74, 6) is 0.150. The number of carbonyl (C=O) groups excluding carboxylic acids is 1. The molecule has 0 aliphatic carbocycles. The third kappa shape index (κ3) is 7.03. The van der Waals surface area contributed by atoms with Gasteiger partial charge in [0.1, 0.15) is 29.6 Å². The lowest BCUT2D eigenvalue weighted by Crippen LogP contribution is -2.40. The Kier molecular flexibility index (Phi) is 7.90. The van der Waals surface area contributed by atoms with Crippen LogP contribution in [0.1, 0.15) is 42.4 Å². The maximum Gasteiger partial charge on any atom is 0.338 e. The van der Waals surface area contributed by atoms with E-state index in [4.69, 9.17) is 14.2 Å². The van der Waals surface area contributed by atoms with Gasteiger partial charge in [0.15, 0.2) is 0 Å². The number of methoxy groups -OCH3 is 1. The lowest BCUT2D eigenvalue weighted by atomic mass is 10.1. The van der Waals surface area contributed by atoms with Crippen molar-refractivity contribution in [3.05, 3.63) is 83.7 Å². The Morgan fingerprint density at radius 3 is 2.35 bits per heavy atom. The van der Waals surface area contributed by atoms with Crippen molar-refractivity contribution in [3.63, 3.8) is 0 Å². The van der Waals surface area contributed by atoms with Crippen molar-refractivity contribution in [1.82, 2.24) is 9.71 Å². The average molecular weight is 485 g/mol. The minimum atomic E-state index is -3.92. The van der Waals surface area contributed by atoms with Crippen molar-refractivity contribution in [2.45, 2.75) is 44.4 Å². The predicted molar refractivity (Wildman–Crippen MR) is 127 cm³/mol. The summed E-state index contributed by atoms with van der Waals surface area (Å²) in [5, 5.41) is 0. The highest BCUT2D eigenvalue weighted by Crippen LogP contribution is 2.26. The van der Waals surface area contributed by atoms with Crippen LogP contribution in [-0.4, -0.2) is 32.0 Å². The molecule has 1 aromatic heterocycles. The molecule has 0 bridgehead atoms. The Hall–Kier alpha value is -3.43. The Morgan fingerprint density at radius 1 is 1.00 bits per heavy atom. The molecule has 1 heterocycles. The highest BCUT2D eigenvalue weighted by atomic mass is 32.2. The first-order valence-corrected chi connectivity index (χ1v) is 12.1. The van der Waals surface area contributed by atoms with Gasteiger partial charge in [-0.25, -0.2) is 17.9 Å². The first-order valence-electron chi connectivity index (χ1n) is 10.6. The number of hydrogen-bond donors (Lipinski definition) is 1. The molecule has 3 rings (SSSR count). The molecule has 0 aliphatic heterocycles. The second kappa shape index (κ2) is 10.7. The lowest BCUT2D eigenvalue weighted by Gasteiger charge is -2.21. The van der Waals surface area contributed by atoms with E-state index in [9.17, 15) is 13.2 Å². The van der Waals surface area contributed by atoms with Gasteiger partial charge in [-0.2, -0.15) is 0 Å². The number of hydrogen-bond acceptors (Lipinski definition) is 7. The highest BCUT2D eigenvalue weighted by Gasteiger charge is 2.26. The minimum Gasteiger partial charge on any atom is -0.495 e. The number of sulfonamides is 1. The van der Waals surface area contributed by atoms with Gasteiger partial charge in [0.05, 0.1) is 18.4 Å². The molecule has 0 aliphatic rings. The Morgan fingerprint density at radius 2 is 1.74 bits per heavy atom. The third-order valence-electron chi connectivity index (χ3n) is 4.54. The maximum absolute atomic E-state index is 12.8. The van der Waals surface area contributed by atoms with E-state index >= 15 is 0 Å². The molecule has 0 spiro atoms. The number of pyridine rings is 1. The zero-order valence-corrected chi connectivity index (χ0v) is 20.4. The molecule has 0 unspecified atom stereocenters. The fraction of sp³-hybridized carbons (Fsp3) is 0.280. The number of nitrogens with one attached hydrogen (secondary N) is 1. The van der Waals surface area contributed by atoms with Gasteiger partial charge in [0.2, 0.25) is 10.0 Å². The van der Waals surface area contributed by atoms with Crippen LogP contribution in [0.2, 0.25) is 0 Å². The number of carbonyl (C=O) groups is 1. The van der Waals surface area contributed by atoms with Crippen LogP contribution < -0.4 is 14.2 Å². The highest BCUT2D eigenvalue weighted by molar-refractivity contribution is 7.89. The van der Waals surface area contributed by atoms with Crippen molar-refractivity contribution < 1.29 is 27.4 Å². The average Bonchev–Trinajstić information content (AvgIpc) is 2.80. The molecular weight excluding hydrogens is 456 g/mol. The molecule has 0 saturated carbocycles. The summed E-state index contributed by atoms with van der Waals surface area (Å²) >= 11 is 0. The van der Waals surface area contributed by atoms with Crippen LogP contribution in [0.4, 0.5) is 0 Å². The van der Waals surface area contributed by atoms with Gasteiger partial charge >= 0.3 is 5.97 Å². The summed E-state index contributed by atoms with van der Waals surface area (Å²) in [7, 11) is -2.55. The first-order chi connectivity index (χ1) is 16.1. The molecule has 34 heavy (non-hydrogen) atoms. The molecular formula is C25H28N2O6S. The molecule has 0 fully saturated rings. The Labute approximate surface area is 199 Å². The van der Waals surface area contributed by atoms with E-state index in [1.54, 1.807) is 51.2 Å². The Bertz CT molecular complexity index is 1220. The molecule has 0 atom stereocenters. The normalized spacial score (nSPS) is 11.6. The number of aromatic nitrogens is 1. The molecule has 180 valence electrons. The van der Waals surface area contributed by atoms with E-state index in [1.165, 1.54) is 25.3 Å².